The fraction of sp³-hybridized carbons (Fsp3) is 0.568. The van der Waals surface area contributed by atoms with Crippen LogP contribution < -0.4 is 15.4 Å². The molecule has 0 unspecified atom stereocenters. The van der Waals surface area contributed by atoms with Crippen molar-refractivity contribution in [1.29, 1.82) is 0 Å². The van der Waals surface area contributed by atoms with Crippen LogP contribution in [0, 0.1) is 30.6 Å². The molecule has 4 N–H and O–H groups in total. The number of Topliss-reactive ketones (excluding diaryl/α,β-unsaturated/α-hetero) is 2. The molecule has 12 heteroatoms. The number of aliphatic hydroxyl groups is 1. The molecule has 7 atom stereocenters. The summed E-state index contributed by atoms with van der Waals surface area (Å²) >= 11 is 0. The molecule has 304 valence electrons. The second-order valence-electron chi connectivity index (χ2n) is 16.3. The average Bonchev–Trinajstić information content (AvgIpc) is 3.42. The smallest absolute Gasteiger partial charge is 0.302 e. The summed E-state index contributed by atoms with van der Waals surface area (Å²) < 4.78 is 11.9. The predicted octanol–water partition coefficient (Wildman–Crippen LogP) is 6.09. The van der Waals surface area contributed by atoms with Crippen LogP contribution in [-0.4, -0.2) is 88.9 Å². The lowest BCUT2D eigenvalue weighted by Crippen LogP contribution is -2.43. The van der Waals surface area contributed by atoms with Crippen LogP contribution in [0.1, 0.15) is 119 Å². The summed E-state index contributed by atoms with van der Waals surface area (Å²) in [5, 5.41) is 29.6. The van der Waals surface area contributed by atoms with Crippen molar-refractivity contribution in [2.75, 3.05) is 26.7 Å². The number of benzene rings is 1. The topological polar surface area (TPSA) is 167 Å². The molecule has 12 nitrogen and oxygen atoms in total. The van der Waals surface area contributed by atoms with Gasteiger partial charge in [0.2, 0.25) is 5.78 Å². The van der Waals surface area contributed by atoms with Crippen LogP contribution in [0.5, 0.6) is 11.5 Å². The number of esters is 1. The Morgan fingerprint density at radius 3 is 2.45 bits per heavy atom. The van der Waals surface area contributed by atoms with Gasteiger partial charge in [0.05, 0.1) is 35.2 Å². The maximum absolute atomic E-state index is 14.7. The van der Waals surface area contributed by atoms with Crippen molar-refractivity contribution in [2.45, 2.75) is 112 Å². The van der Waals surface area contributed by atoms with Gasteiger partial charge in [-0.2, -0.15) is 0 Å². The Labute approximate surface area is 331 Å². The number of allylic oxidation sites excluding steroid dienone is 7. The third-order valence-electron chi connectivity index (χ3n) is 11.7. The molecule has 56 heavy (non-hydrogen) atoms. The quantitative estimate of drug-likeness (QED) is 0.209. The van der Waals surface area contributed by atoms with Crippen molar-refractivity contribution in [1.82, 2.24) is 15.5 Å². The second-order valence-corrected chi connectivity index (χ2v) is 16.3. The first-order chi connectivity index (χ1) is 26.5. The molecule has 3 heterocycles. The summed E-state index contributed by atoms with van der Waals surface area (Å²) in [5.41, 5.74) is 0.622. The molecule has 1 aromatic carbocycles. The number of aliphatic imine (C=N–C) groups is 1. The van der Waals surface area contributed by atoms with Crippen LogP contribution in [-0.2, 0) is 14.3 Å². The number of likely N-dealkylation sites (tertiary alicyclic amines) is 1. The number of ether oxygens (including phenoxy) is 2. The van der Waals surface area contributed by atoms with Crippen LogP contribution in [0.15, 0.2) is 52.3 Å². The van der Waals surface area contributed by atoms with Crippen LogP contribution in [0.4, 0.5) is 0 Å². The Morgan fingerprint density at radius 2 is 1.75 bits per heavy atom. The van der Waals surface area contributed by atoms with Gasteiger partial charge in [-0.1, -0.05) is 58.1 Å². The number of amides is 1. The fourth-order valence-electron chi connectivity index (χ4n) is 8.55. The molecule has 0 radical (unpaired) electrons. The summed E-state index contributed by atoms with van der Waals surface area (Å²) in [6.07, 6.45) is 10.9. The monoisotopic (exact) mass is 772 g/mol. The third kappa shape index (κ3) is 8.86. The van der Waals surface area contributed by atoms with Crippen LogP contribution in [0.2, 0.25) is 0 Å². The molecule has 0 aromatic heterocycles. The highest BCUT2D eigenvalue weighted by Gasteiger charge is 2.47. The molecule has 1 spiro atoms. The highest BCUT2D eigenvalue weighted by Crippen LogP contribution is 2.46. The van der Waals surface area contributed by atoms with E-state index in [2.05, 4.69) is 22.6 Å². The summed E-state index contributed by atoms with van der Waals surface area (Å²) in [5.74, 6) is -2.70. The van der Waals surface area contributed by atoms with Gasteiger partial charge in [-0.25, -0.2) is 0 Å². The summed E-state index contributed by atoms with van der Waals surface area (Å²) in [4.78, 5) is 62.7. The maximum Gasteiger partial charge on any atom is 0.302 e. The summed E-state index contributed by atoms with van der Waals surface area (Å²) in [7, 11) is 2.05. The zero-order valence-electron chi connectivity index (χ0n) is 34.5. The Hall–Kier alpha value is -4.55. The lowest BCUT2D eigenvalue weighted by molar-refractivity contribution is -0.156. The lowest BCUT2D eigenvalue weighted by atomic mass is 9.80. The zero-order chi connectivity index (χ0) is 41.1. The number of nitrogens with one attached hydrogen (secondary N) is 2. The normalized spacial score (nSPS) is 31.7. The number of aliphatic hydroxyl groups excluding tert-OH is 1. The van der Waals surface area contributed by atoms with Crippen LogP contribution in [0.25, 0.3) is 0 Å². The molecule has 1 saturated heterocycles. The Kier molecular flexibility index (Phi) is 13.5. The van der Waals surface area contributed by atoms with Gasteiger partial charge >= 0.3 is 5.97 Å². The average molecular weight is 773 g/mol. The molecule has 3 aliphatic heterocycles. The molecular weight excluding hydrogens is 713 g/mol. The molecule has 4 bridgehead atoms. The zero-order valence-corrected chi connectivity index (χ0v) is 34.5. The summed E-state index contributed by atoms with van der Waals surface area (Å²) in [6.45, 7) is 16.1. The van der Waals surface area contributed by atoms with Crippen molar-refractivity contribution in [3.63, 3.8) is 0 Å². The van der Waals surface area contributed by atoms with Crippen molar-refractivity contribution >= 4 is 29.2 Å². The van der Waals surface area contributed by atoms with Gasteiger partial charge < -0.3 is 35.2 Å². The molecule has 5 rings (SSSR count). The maximum atomic E-state index is 14.7. The lowest BCUT2D eigenvalue weighted by Gasteiger charge is -2.34. The number of hydrogen-bond acceptors (Lipinski definition) is 11. The van der Waals surface area contributed by atoms with Gasteiger partial charge in [0.25, 0.3) is 5.91 Å². The third-order valence-corrected chi connectivity index (χ3v) is 11.7. The second kappa shape index (κ2) is 17.7. The number of nitrogens with zero attached hydrogens (tertiary/aromatic N) is 2. The molecule has 0 saturated carbocycles. The van der Waals surface area contributed by atoms with E-state index >= 15 is 0 Å². The number of carbonyl (C=O) groups excluding carboxylic acids is 4. The van der Waals surface area contributed by atoms with Gasteiger partial charge in [-0.05, 0) is 77.8 Å². The highest BCUT2D eigenvalue weighted by atomic mass is 16.5. The standard InChI is InChI=1S/C44H60N4O8/c1-10-55-42-29(7)39(52)34-33-32(42)31(50)18-12-11-16-25(3)41(56-30(8)49)28(6)38(51)27(5)23-24(2)15-13-17-26(4)43(54)45-37(40(34)53)36-35(33)46-44(47-36)19-14-21-48(9)22-20-44/h11-13,15,17,24-25,27-28,38,41,47,51-52H,10,14,16,18-23H2,1-9H3,(H,45,54)/b12-11+,15-13+,26-17-/t24-,25+,27+,28+,38+,41+,44-/m0/s1. The van der Waals surface area contributed by atoms with Gasteiger partial charge in [0.1, 0.15) is 29.0 Å². The van der Waals surface area contributed by atoms with Crippen molar-refractivity contribution < 1.29 is 38.9 Å². The molecule has 1 aromatic rings. The molecule has 1 aliphatic carbocycles. The highest BCUT2D eigenvalue weighted by molar-refractivity contribution is 6.34. The van der Waals surface area contributed by atoms with Crippen molar-refractivity contribution in [2.24, 2.45) is 28.7 Å². The van der Waals surface area contributed by atoms with E-state index < -0.39 is 35.5 Å². The first kappa shape index (κ1) is 42.6. The van der Waals surface area contributed by atoms with E-state index in [1.807, 2.05) is 39.8 Å². The SMILES string of the molecule is CCOc1c(C)c(O)c2c3c1C(=O)C/C=C/C[C@@H](C)[C@@H](OC(C)=O)[C@H](C)[C@H](O)[C@H](C)C[C@@H](C)/C=C/C=C(/C)C(=O)NC(=C1N[C@]4(CCCN(C)CC4)N=C13)C2=O. The van der Waals surface area contributed by atoms with E-state index in [-0.39, 0.29) is 81.9 Å². The van der Waals surface area contributed by atoms with Gasteiger partial charge in [-0.15, -0.1) is 0 Å². The van der Waals surface area contributed by atoms with E-state index in [1.165, 1.54) is 6.92 Å². The Balaban J connectivity index is 1.69. The first-order valence-electron chi connectivity index (χ1n) is 20.1. The number of hydrogen-bond donors (Lipinski definition) is 4. The number of phenolic OH excluding ortho intramolecular Hbond substituents is 1. The van der Waals surface area contributed by atoms with E-state index in [4.69, 9.17) is 14.5 Å². The molecule has 4 aliphatic rings. The number of rotatable bonds is 3. The van der Waals surface area contributed by atoms with E-state index in [0.29, 0.717) is 42.7 Å². The minimum absolute atomic E-state index is 0.0374. The molecule has 1 fully saturated rings. The number of carbonyl (C=O) groups is 4. The van der Waals surface area contributed by atoms with Gasteiger partial charge in [0.15, 0.2) is 5.78 Å². The van der Waals surface area contributed by atoms with Crippen molar-refractivity contribution in [3.05, 3.63) is 69.6 Å². The number of phenols is 1. The molecular formula is C44H60N4O8. The van der Waals surface area contributed by atoms with Gasteiger partial charge in [0, 0.05) is 48.9 Å². The Bertz CT molecular complexity index is 1890. The van der Waals surface area contributed by atoms with Crippen LogP contribution >= 0.6 is 0 Å². The van der Waals surface area contributed by atoms with Gasteiger partial charge in [-0.3, -0.25) is 24.2 Å². The minimum atomic E-state index is -0.801. The van der Waals surface area contributed by atoms with E-state index in [1.54, 1.807) is 39.0 Å². The largest absolute Gasteiger partial charge is 0.507 e. The van der Waals surface area contributed by atoms with Crippen molar-refractivity contribution in [3.8, 4) is 11.5 Å². The van der Waals surface area contributed by atoms with Crippen LogP contribution in [0.3, 0.4) is 0 Å². The van der Waals surface area contributed by atoms with E-state index in [9.17, 15) is 29.4 Å². The number of fused-ring (bicyclic) bond motifs is 2. The molecule has 1 amide bonds. The number of ketones is 2. The van der Waals surface area contributed by atoms with E-state index in [0.717, 1.165) is 19.5 Å². The predicted molar refractivity (Wildman–Crippen MR) is 216 cm³/mol. The minimum Gasteiger partial charge on any atom is -0.507 e. The summed E-state index contributed by atoms with van der Waals surface area (Å²) in [6, 6.07) is 0. The fourth-order valence-corrected chi connectivity index (χ4v) is 8.55. The number of aromatic hydroxyl groups is 1. The first-order valence-corrected chi connectivity index (χ1v) is 20.1. The Morgan fingerprint density at radius 1 is 1.02 bits per heavy atom.